The fraction of sp³-hybridized carbons (Fsp3) is 0.500. The third-order valence-corrected chi connectivity index (χ3v) is 3.02. The molecular weight excluding hydrogens is 282 g/mol. The molecule has 0 aliphatic carbocycles. The Balaban J connectivity index is 2.85. The van der Waals surface area contributed by atoms with E-state index in [9.17, 15) is 25.3 Å². The maximum Gasteiger partial charge on any atom is 0.299 e. The smallest absolute Gasteiger partial charge is 0.299 e. The van der Waals surface area contributed by atoms with E-state index < -0.39 is 16.0 Å². The Morgan fingerprint density at radius 2 is 1.95 bits per heavy atom. The molecule has 0 amide bonds. The molecule has 0 aliphatic rings. The molecule has 1 aromatic rings. The van der Waals surface area contributed by atoms with Gasteiger partial charge in [0, 0.05) is 19.7 Å². The van der Waals surface area contributed by atoms with Crippen LogP contribution < -0.4 is 4.90 Å². The zero-order valence-electron chi connectivity index (χ0n) is 11.5. The number of rotatable bonds is 8. The van der Waals surface area contributed by atoms with Gasteiger partial charge >= 0.3 is 0 Å². The van der Waals surface area contributed by atoms with Crippen LogP contribution in [0.15, 0.2) is 18.2 Å². The van der Waals surface area contributed by atoms with Gasteiger partial charge < -0.3 is 15.1 Å². The summed E-state index contributed by atoms with van der Waals surface area (Å²) in [5.41, 5.74) is -0.409. The average molecular weight is 299 g/mol. The SMILES string of the molecule is CN(CCCC(O)CO)c1ccc([N+](=O)[O-])cc1[N+](=O)[O-]. The van der Waals surface area contributed by atoms with Gasteiger partial charge in [-0.3, -0.25) is 20.2 Å². The molecule has 21 heavy (non-hydrogen) atoms. The lowest BCUT2D eigenvalue weighted by molar-refractivity contribution is -0.393. The number of anilines is 1. The first-order valence-electron chi connectivity index (χ1n) is 6.29. The van der Waals surface area contributed by atoms with Gasteiger partial charge in [0.15, 0.2) is 0 Å². The summed E-state index contributed by atoms with van der Waals surface area (Å²) in [6.07, 6.45) is 0.0683. The first-order chi connectivity index (χ1) is 9.86. The third-order valence-electron chi connectivity index (χ3n) is 3.02. The minimum Gasteiger partial charge on any atom is -0.394 e. The minimum atomic E-state index is -0.815. The average Bonchev–Trinajstić information content (AvgIpc) is 2.45. The predicted molar refractivity (Wildman–Crippen MR) is 75.3 cm³/mol. The normalized spacial score (nSPS) is 12.0. The second-order valence-electron chi connectivity index (χ2n) is 4.59. The molecule has 0 aliphatic heterocycles. The van der Waals surface area contributed by atoms with Crippen LogP contribution in [0.25, 0.3) is 0 Å². The Bertz CT molecular complexity index is 522. The van der Waals surface area contributed by atoms with E-state index in [-0.39, 0.29) is 23.7 Å². The van der Waals surface area contributed by atoms with Crippen LogP contribution in [0.2, 0.25) is 0 Å². The predicted octanol–water partition coefficient (Wildman–Crippen LogP) is 1.07. The lowest BCUT2D eigenvalue weighted by Crippen LogP contribution is -2.22. The van der Waals surface area contributed by atoms with E-state index >= 15 is 0 Å². The van der Waals surface area contributed by atoms with Crippen LogP contribution in [-0.2, 0) is 0 Å². The van der Waals surface area contributed by atoms with Crippen molar-refractivity contribution in [3.05, 3.63) is 38.4 Å². The van der Waals surface area contributed by atoms with Gasteiger partial charge in [0.05, 0.1) is 28.6 Å². The van der Waals surface area contributed by atoms with E-state index in [0.29, 0.717) is 19.4 Å². The van der Waals surface area contributed by atoms with Crippen molar-refractivity contribution in [1.29, 1.82) is 0 Å². The van der Waals surface area contributed by atoms with Gasteiger partial charge in [0.25, 0.3) is 11.4 Å². The summed E-state index contributed by atoms with van der Waals surface area (Å²) in [7, 11) is 1.62. The number of non-ortho nitro benzene ring substituents is 1. The van der Waals surface area contributed by atoms with Gasteiger partial charge in [0.1, 0.15) is 5.69 Å². The maximum absolute atomic E-state index is 11.0. The topological polar surface area (TPSA) is 130 Å². The molecule has 0 radical (unpaired) electrons. The Hall–Kier alpha value is -2.26. The molecule has 0 spiro atoms. The largest absolute Gasteiger partial charge is 0.394 e. The molecule has 1 rings (SSSR count). The molecule has 0 fully saturated rings. The molecule has 1 atom stereocenters. The zero-order chi connectivity index (χ0) is 16.0. The Kier molecular flexibility index (Phi) is 6.00. The van der Waals surface area contributed by atoms with Crippen LogP contribution in [-0.4, -0.2) is 46.4 Å². The molecule has 0 saturated carbocycles. The molecule has 0 aromatic heterocycles. The van der Waals surface area contributed by atoms with Crippen LogP contribution in [0, 0.1) is 20.2 Å². The quantitative estimate of drug-likeness (QED) is 0.542. The van der Waals surface area contributed by atoms with Crippen molar-refractivity contribution >= 4 is 17.1 Å². The Morgan fingerprint density at radius 3 is 2.48 bits per heavy atom. The maximum atomic E-state index is 11.0. The highest BCUT2D eigenvalue weighted by atomic mass is 16.6. The van der Waals surface area contributed by atoms with Gasteiger partial charge in [0.2, 0.25) is 0 Å². The molecule has 2 N–H and O–H groups in total. The number of benzene rings is 1. The Labute approximate surface area is 120 Å². The number of hydrogen-bond donors (Lipinski definition) is 2. The van der Waals surface area contributed by atoms with Crippen molar-refractivity contribution < 1.29 is 20.1 Å². The summed E-state index contributed by atoms with van der Waals surface area (Å²) < 4.78 is 0. The molecule has 1 aromatic carbocycles. The molecule has 9 nitrogen and oxygen atoms in total. The van der Waals surface area contributed by atoms with Gasteiger partial charge in [-0.15, -0.1) is 0 Å². The van der Waals surface area contributed by atoms with Crippen LogP contribution >= 0.6 is 0 Å². The van der Waals surface area contributed by atoms with Crippen molar-refractivity contribution in [2.75, 3.05) is 25.1 Å². The van der Waals surface area contributed by atoms with Crippen LogP contribution in [0.3, 0.4) is 0 Å². The van der Waals surface area contributed by atoms with E-state index in [0.717, 1.165) is 6.07 Å². The summed E-state index contributed by atoms with van der Waals surface area (Å²) >= 11 is 0. The fourth-order valence-electron chi connectivity index (χ4n) is 1.87. The van der Waals surface area contributed by atoms with E-state index in [1.807, 2.05) is 0 Å². The van der Waals surface area contributed by atoms with E-state index in [4.69, 9.17) is 5.11 Å². The molecule has 0 bridgehead atoms. The number of nitro benzene ring substituents is 2. The molecule has 0 heterocycles. The first kappa shape index (κ1) is 16.8. The monoisotopic (exact) mass is 299 g/mol. The number of hydrogen-bond acceptors (Lipinski definition) is 7. The summed E-state index contributed by atoms with van der Waals surface area (Å²) in [5.74, 6) is 0. The second-order valence-corrected chi connectivity index (χ2v) is 4.59. The Morgan fingerprint density at radius 1 is 1.29 bits per heavy atom. The third kappa shape index (κ3) is 4.65. The highest BCUT2D eigenvalue weighted by Crippen LogP contribution is 2.31. The second kappa shape index (κ2) is 7.50. The number of aliphatic hydroxyl groups excluding tert-OH is 2. The van der Waals surface area contributed by atoms with E-state index in [2.05, 4.69) is 0 Å². The summed E-state index contributed by atoms with van der Waals surface area (Å²) in [6, 6.07) is 3.47. The number of aliphatic hydroxyl groups is 2. The van der Waals surface area contributed by atoms with Crippen LogP contribution in [0.4, 0.5) is 17.1 Å². The van der Waals surface area contributed by atoms with E-state index in [1.165, 1.54) is 12.1 Å². The van der Waals surface area contributed by atoms with Crippen molar-refractivity contribution in [3.63, 3.8) is 0 Å². The highest BCUT2D eigenvalue weighted by molar-refractivity contribution is 5.66. The summed E-state index contributed by atoms with van der Waals surface area (Å²) in [5, 5.41) is 39.6. The molecule has 9 heteroatoms. The van der Waals surface area contributed by atoms with Crippen LogP contribution in [0.5, 0.6) is 0 Å². The molecule has 1 unspecified atom stereocenters. The van der Waals surface area contributed by atoms with Gasteiger partial charge in [-0.25, -0.2) is 0 Å². The van der Waals surface area contributed by atoms with Crippen molar-refractivity contribution in [3.8, 4) is 0 Å². The lowest BCUT2D eigenvalue weighted by Gasteiger charge is -2.19. The van der Waals surface area contributed by atoms with Crippen LogP contribution in [0.1, 0.15) is 12.8 Å². The number of nitrogens with zero attached hydrogens (tertiary/aromatic N) is 3. The highest BCUT2D eigenvalue weighted by Gasteiger charge is 2.21. The zero-order valence-corrected chi connectivity index (χ0v) is 11.5. The molecule has 0 saturated heterocycles. The van der Waals surface area contributed by atoms with Crippen molar-refractivity contribution in [2.45, 2.75) is 18.9 Å². The fourth-order valence-corrected chi connectivity index (χ4v) is 1.87. The standard InChI is InChI=1S/C12H17N3O6/c1-13(6-2-3-10(17)8-16)11-5-4-9(14(18)19)7-12(11)15(20)21/h4-5,7,10,16-17H,2-3,6,8H2,1H3. The molecular formula is C12H17N3O6. The van der Waals surface area contributed by atoms with E-state index in [1.54, 1.807) is 11.9 Å². The van der Waals surface area contributed by atoms with Gasteiger partial charge in [-0.05, 0) is 18.9 Å². The molecule has 116 valence electrons. The minimum absolute atomic E-state index is 0.268. The summed E-state index contributed by atoms with van der Waals surface area (Å²) in [4.78, 5) is 21.9. The first-order valence-corrected chi connectivity index (χ1v) is 6.29. The van der Waals surface area contributed by atoms with Crippen molar-refractivity contribution in [2.24, 2.45) is 0 Å². The number of nitro groups is 2. The summed E-state index contributed by atoms with van der Waals surface area (Å²) in [6.45, 7) is 0.0805. The van der Waals surface area contributed by atoms with Gasteiger partial charge in [-0.2, -0.15) is 0 Å². The van der Waals surface area contributed by atoms with Gasteiger partial charge in [-0.1, -0.05) is 0 Å². The van der Waals surface area contributed by atoms with Crippen molar-refractivity contribution in [1.82, 2.24) is 0 Å². The lowest BCUT2D eigenvalue weighted by atomic mass is 10.2.